The molecule has 1 atom stereocenters. The number of carbonyl (C=O) groups is 3. The van der Waals surface area contributed by atoms with Gasteiger partial charge in [-0.3, -0.25) is 19.1 Å². The number of nitrogens with zero attached hydrogens (tertiary/aromatic N) is 3. The molecule has 3 N–H and O–H groups in total. The molecule has 288 valence electrons. The number of benzene rings is 2. The summed E-state index contributed by atoms with van der Waals surface area (Å²) in [5.74, 6) is -4.74. The van der Waals surface area contributed by atoms with Crippen molar-refractivity contribution in [2.45, 2.75) is 65.3 Å². The normalized spacial score (nSPS) is 12.3. The number of esters is 1. The summed E-state index contributed by atoms with van der Waals surface area (Å²) >= 11 is 0. The molecule has 2 aromatic heterocycles. The highest BCUT2D eigenvalue weighted by Crippen LogP contribution is 2.25. The maximum atomic E-state index is 15.3. The van der Waals surface area contributed by atoms with Gasteiger partial charge in [-0.15, -0.1) is 0 Å². The first-order valence-corrected chi connectivity index (χ1v) is 18.3. The van der Waals surface area contributed by atoms with Crippen molar-refractivity contribution in [3.05, 3.63) is 110 Å². The van der Waals surface area contributed by atoms with Crippen LogP contribution in [0, 0.1) is 29.9 Å². The number of hydrogen-bond acceptors (Lipinski definition) is 9. The fourth-order valence-corrected chi connectivity index (χ4v) is 5.95. The van der Waals surface area contributed by atoms with E-state index in [2.05, 4.69) is 15.6 Å². The molecule has 2 heterocycles. The zero-order valence-electron chi connectivity index (χ0n) is 30.8. The minimum atomic E-state index is -4.44. The number of amides is 2. The number of carbonyl (C=O) groups excluding carboxylic acids is 3. The summed E-state index contributed by atoms with van der Waals surface area (Å²) in [5.41, 5.74) is -2.51. The number of sulfonamides is 1. The van der Waals surface area contributed by atoms with E-state index in [0.717, 1.165) is 4.57 Å². The van der Waals surface area contributed by atoms with Crippen molar-refractivity contribution in [3.8, 4) is 5.82 Å². The number of hydrogen-bond donors (Lipinski definition) is 3. The number of nitrogens with one attached hydrogen (secondary N) is 3. The van der Waals surface area contributed by atoms with Crippen molar-refractivity contribution in [1.82, 2.24) is 19.4 Å². The van der Waals surface area contributed by atoms with Gasteiger partial charge in [0.05, 0.1) is 22.8 Å². The lowest BCUT2D eigenvalue weighted by Crippen LogP contribution is -2.44. The molecular weight excluding hydrogens is 727 g/mol. The van der Waals surface area contributed by atoms with Crippen LogP contribution in [-0.4, -0.2) is 53.0 Å². The largest absolute Gasteiger partial charge is 0.464 e. The van der Waals surface area contributed by atoms with E-state index in [1.807, 2.05) is 18.6 Å². The van der Waals surface area contributed by atoms with Gasteiger partial charge in [-0.05, 0) is 61.2 Å². The summed E-state index contributed by atoms with van der Waals surface area (Å²) in [5, 5.41) is 5.01. The molecule has 0 fully saturated rings. The molecule has 2 aromatic carbocycles. The molecule has 54 heavy (non-hydrogen) atoms. The van der Waals surface area contributed by atoms with Crippen LogP contribution in [0.2, 0.25) is 0 Å². The Hall–Kier alpha value is -5.71. The van der Waals surface area contributed by atoms with Crippen LogP contribution < -0.4 is 26.6 Å². The molecule has 0 spiro atoms. The first kappa shape index (κ1) is 41.1. The van der Waals surface area contributed by atoms with Gasteiger partial charge in [0.2, 0.25) is 5.91 Å². The van der Waals surface area contributed by atoms with Crippen LogP contribution in [0.15, 0.2) is 75.4 Å². The molecule has 0 bridgehead atoms. The zero-order chi connectivity index (χ0) is 40.1. The van der Waals surface area contributed by atoms with Gasteiger partial charge in [-0.1, -0.05) is 40.7 Å². The van der Waals surface area contributed by atoms with Crippen LogP contribution >= 0.6 is 0 Å². The Bertz CT molecular complexity index is 2250. The molecule has 4 rings (SSSR count). The summed E-state index contributed by atoms with van der Waals surface area (Å²) < 4.78 is 66.0. The van der Waals surface area contributed by atoms with E-state index in [4.69, 9.17) is 4.74 Å². The number of halogens is 2. The van der Waals surface area contributed by atoms with Crippen LogP contribution in [0.3, 0.4) is 0 Å². The van der Waals surface area contributed by atoms with Gasteiger partial charge in [-0.2, -0.15) is 0 Å². The monoisotopic (exact) mass is 768 g/mol. The standard InChI is InChI=1S/C37H42F2N6O8S/c1-21(2)14-15-53-34(48)30(16-23-8-13-31(40-19-23)45-33(47)22(3)20-44(7)36(45)50)42-32(46)26-17-28(39)29(18-27(26)38)43-54(51,52)25-11-9-24(10-12-25)41-35(49)37(4,5)6/h8-13,17-21,30,43H,14-16H2,1-7H3,(H,41,49)(H,42,46)/t30-/m0/s1. The topological polar surface area (TPSA) is 188 Å². The zero-order valence-corrected chi connectivity index (χ0v) is 31.6. The summed E-state index contributed by atoms with van der Waals surface area (Å²) in [4.78, 5) is 67.9. The Morgan fingerprint density at radius 1 is 0.981 bits per heavy atom. The minimum absolute atomic E-state index is 0.0167. The van der Waals surface area contributed by atoms with E-state index in [1.54, 1.807) is 27.7 Å². The average Bonchev–Trinajstić information content (AvgIpc) is 3.08. The van der Waals surface area contributed by atoms with E-state index in [0.29, 0.717) is 35.4 Å². The lowest BCUT2D eigenvalue weighted by molar-refractivity contribution is -0.146. The minimum Gasteiger partial charge on any atom is -0.464 e. The quantitative estimate of drug-likeness (QED) is 0.167. The molecule has 0 saturated carbocycles. The van der Waals surface area contributed by atoms with Crippen LogP contribution in [0.25, 0.3) is 5.82 Å². The molecule has 14 nitrogen and oxygen atoms in total. The van der Waals surface area contributed by atoms with Gasteiger partial charge >= 0.3 is 11.7 Å². The molecule has 0 aliphatic carbocycles. The maximum absolute atomic E-state index is 15.3. The van der Waals surface area contributed by atoms with Crippen LogP contribution in [0.1, 0.15) is 62.5 Å². The summed E-state index contributed by atoms with van der Waals surface area (Å²) in [7, 11) is -2.96. The third kappa shape index (κ3) is 10.0. The van der Waals surface area contributed by atoms with Crippen molar-refractivity contribution < 1.29 is 36.3 Å². The van der Waals surface area contributed by atoms with Gasteiger partial charge in [0.25, 0.3) is 21.5 Å². The van der Waals surface area contributed by atoms with E-state index in [-0.39, 0.29) is 35.6 Å². The highest BCUT2D eigenvalue weighted by molar-refractivity contribution is 7.92. The first-order valence-electron chi connectivity index (χ1n) is 16.8. The smallest absolute Gasteiger partial charge is 0.336 e. The van der Waals surface area contributed by atoms with Crippen molar-refractivity contribution in [1.29, 1.82) is 0 Å². The fraction of sp³-hybridized carbons (Fsp3) is 0.351. The van der Waals surface area contributed by atoms with Gasteiger partial charge in [0.15, 0.2) is 0 Å². The Labute approximate surface area is 310 Å². The van der Waals surface area contributed by atoms with E-state index < -0.39 is 67.5 Å². The summed E-state index contributed by atoms with van der Waals surface area (Å²) in [6, 6.07) is 7.45. The first-order chi connectivity index (χ1) is 25.2. The molecule has 17 heteroatoms. The lowest BCUT2D eigenvalue weighted by Gasteiger charge is -2.19. The molecule has 0 aliphatic heterocycles. The maximum Gasteiger partial charge on any atom is 0.336 e. The van der Waals surface area contributed by atoms with Crippen molar-refractivity contribution in [2.75, 3.05) is 16.6 Å². The summed E-state index contributed by atoms with van der Waals surface area (Å²) in [6.45, 7) is 10.5. The molecule has 2 amide bonds. The highest BCUT2D eigenvalue weighted by atomic mass is 32.2. The molecule has 0 saturated heterocycles. The highest BCUT2D eigenvalue weighted by Gasteiger charge is 2.27. The Morgan fingerprint density at radius 3 is 2.24 bits per heavy atom. The van der Waals surface area contributed by atoms with E-state index in [9.17, 15) is 32.4 Å². The van der Waals surface area contributed by atoms with E-state index in [1.165, 1.54) is 60.4 Å². The molecular formula is C37H42F2N6O8S. The SMILES string of the molecule is Cc1cn(C)c(=O)n(-c2ccc(C[C@H](NC(=O)c3cc(F)c(NS(=O)(=O)c4ccc(NC(=O)C(C)(C)C)cc4)cc3F)C(=O)OCCC(C)C)cn2)c1=O. The Morgan fingerprint density at radius 2 is 1.65 bits per heavy atom. The van der Waals surface area contributed by atoms with Gasteiger partial charge in [-0.25, -0.2) is 36.3 Å². The molecule has 0 unspecified atom stereocenters. The van der Waals surface area contributed by atoms with Gasteiger partial charge < -0.3 is 19.9 Å². The molecule has 0 radical (unpaired) electrons. The number of anilines is 2. The van der Waals surface area contributed by atoms with Crippen molar-refractivity contribution >= 4 is 39.2 Å². The van der Waals surface area contributed by atoms with Gasteiger partial charge in [0, 0.05) is 48.6 Å². The van der Waals surface area contributed by atoms with Gasteiger partial charge in [0.1, 0.15) is 23.5 Å². The number of ether oxygens (including phenoxy) is 1. The third-order valence-corrected chi connectivity index (χ3v) is 9.46. The predicted octanol–water partition coefficient (Wildman–Crippen LogP) is 4.23. The lowest BCUT2D eigenvalue weighted by atomic mass is 9.95. The number of pyridine rings is 1. The summed E-state index contributed by atoms with van der Waals surface area (Å²) in [6.07, 6.45) is 2.98. The second-order valence-electron chi connectivity index (χ2n) is 14.1. The van der Waals surface area contributed by atoms with Crippen molar-refractivity contribution in [2.24, 2.45) is 18.4 Å². The number of aromatic nitrogens is 3. The number of aryl methyl sites for hydroxylation is 2. The van der Waals surface area contributed by atoms with Crippen LogP contribution in [0.4, 0.5) is 20.2 Å². The van der Waals surface area contributed by atoms with Crippen LogP contribution in [0.5, 0.6) is 0 Å². The van der Waals surface area contributed by atoms with Crippen molar-refractivity contribution in [3.63, 3.8) is 0 Å². The Balaban J connectivity index is 1.54. The molecule has 4 aromatic rings. The predicted molar refractivity (Wildman–Crippen MR) is 197 cm³/mol. The fourth-order valence-electron chi connectivity index (χ4n) is 4.89. The third-order valence-electron chi connectivity index (χ3n) is 8.08. The molecule has 0 aliphatic rings. The van der Waals surface area contributed by atoms with E-state index >= 15 is 8.78 Å². The van der Waals surface area contributed by atoms with Crippen LogP contribution in [-0.2, 0) is 37.8 Å². The Kier molecular flexibility index (Phi) is 12.6. The number of rotatable bonds is 13. The average molecular weight is 769 g/mol. The second kappa shape index (κ2) is 16.5. The second-order valence-corrected chi connectivity index (χ2v) is 15.8.